The molecule has 196 valence electrons. The van der Waals surface area contributed by atoms with Crippen LogP contribution in [0.25, 0.3) is 11.1 Å². The molecule has 3 aromatic carbocycles. The molecule has 0 saturated carbocycles. The van der Waals surface area contributed by atoms with Crippen LogP contribution in [0, 0.1) is 5.92 Å². The third kappa shape index (κ3) is 6.76. The van der Waals surface area contributed by atoms with Crippen LogP contribution in [0.5, 0.6) is 0 Å². The highest BCUT2D eigenvalue weighted by molar-refractivity contribution is 7.88. The predicted octanol–water partition coefficient (Wildman–Crippen LogP) is 4.63. The minimum atomic E-state index is -5.08. The van der Waals surface area contributed by atoms with Crippen LogP contribution in [0.2, 0.25) is 0 Å². The Labute approximate surface area is 214 Å². The average molecular weight is 533 g/mol. The van der Waals surface area contributed by atoms with E-state index in [9.17, 15) is 21.6 Å². The van der Waals surface area contributed by atoms with Gasteiger partial charge in [0.1, 0.15) is 0 Å². The minimum Gasteiger partial charge on any atom is -0.475 e. The molecule has 2 heterocycles. The van der Waals surface area contributed by atoms with Gasteiger partial charge in [0.05, 0.1) is 5.75 Å². The fourth-order valence-corrected chi connectivity index (χ4v) is 6.25. The second-order valence-electron chi connectivity index (χ2n) is 9.18. The van der Waals surface area contributed by atoms with Gasteiger partial charge >= 0.3 is 12.1 Å². The first-order chi connectivity index (χ1) is 17.5. The van der Waals surface area contributed by atoms with E-state index in [1.165, 1.54) is 16.7 Å². The molecular weight excluding hydrogens is 505 g/mol. The number of alkyl halides is 3. The third-order valence-electron chi connectivity index (χ3n) is 6.59. The van der Waals surface area contributed by atoms with Gasteiger partial charge in [-0.1, -0.05) is 84.9 Å². The zero-order chi connectivity index (χ0) is 26.6. The highest BCUT2D eigenvalue weighted by Crippen LogP contribution is 2.35. The van der Waals surface area contributed by atoms with Gasteiger partial charge in [-0.15, -0.1) is 0 Å². The fourth-order valence-electron chi connectivity index (χ4n) is 4.66. The molecule has 0 bridgehead atoms. The number of fused-ring (bicyclic) bond motifs is 1. The molecule has 6 nitrogen and oxygen atoms in total. The quantitative estimate of drug-likeness (QED) is 0.501. The Hall–Kier alpha value is -3.21. The Morgan fingerprint density at radius 1 is 0.811 bits per heavy atom. The SMILES string of the molecule is O=C(O)C(F)(F)F.O=S(=O)(Cc1ccccc1)N1CC2CN(Cc3ccc(-c4ccccc4)cc3)C2C1. The van der Waals surface area contributed by atoms with Crippen molar-refractivity contribution in [3.63, 3.8) is 0 Å². The second-order valence-corrected chi connectivity index (χ2v) is 11.2. The standard InChI is InChI=1S/C25H26N2O2S.C2HF3O2/c28-30(29,19-21-7-3-1-4-8-21)27-17-24-16-26(25(24)18-27)15-20-11-13-23(14-12-20)22-9-5-2-6-10-22;3-2(4,5)1(6)7/h1-14,24-25H,15-19H2;(H,6,7). The molecule has 0 aliphatic carbocycles. The number of carbonyl (C=O) groups is 1. The van der Waals surface area contributed by atoms with Gasteiger partial charge in [-0.05, 0) is 22.3 Å². The molecule has 2 aliphatic rings. The first-order valence-corrected chi connectivity index (χ1v) is 13.3. The van der Waals surface area contributed by atoms with Crippen molar-refractivity contribution in [1.29, 1.82) is 0 Å². The smallest absolute Gasteiger partial charge is 0.475 e. The molecule has 2 saturated heterocycles. The van der Waals surface area contributed by atoms with Crippen LogP contribution >= 0.6 is 0 Å². The largest absolute Gasteiger partial charge is 0.490 e. The second kappa shape index (κ2) is 11.0. The molecule has 10 heteroatoms. The Morgan fingerprint density at radius 2 is 1.35 bits per heavy atom. The van der Waals surface area contributed by atoms with Gasteiger partial charge in [-0.3, -0.25) is 4.90 Å². The summed E-state index contributed by atoms with van der Waals surface area (Å²) in [7, 11) is -3.26. The molecule has 0 amide bonds. The van der Waals surface area contributed by atoms with Gasteiger partial charge in [0, 0.05) is 38.1 Å². The van der Waals surface area contributed by atoms with E-state index in [0.29, 0.717) is 25.0 Å². The van der Waals surface area contributed by atoms with Gasteiger partial charge in [-0.2, -0.15) is 17.5 Å². The zero-order valence-electron chi connectivity index (χ0n) is 19.9. The molecule has 0 radical (unpaired) electrons. The summed E-state index contributed by atoms with van der Waals surface area (Å²) in [5.74, 6) is -2.21. The molecule has 2 aliphatic heterocycles. The van der Waals surface area contributed by atoms with E-state index in [1.54, 1.807) is 4.31 Å². The summed E-state index contributed by atoms with van der Waals surface area (Å²) in [6.45, 7) is 3.12. The molecule has 1 N–H and O–H groups in total. The molecule has 2 atom stereocenters. The maximum atomic E-state index is 12.9. The van der Waals surface area contributed by atoms with E-state index < -0.39 is 22.2 Å². The van der Waals surface area contributed by atoms with Crippen molar-refractivity contribution in [2.45, 2.75) is 24.5 Å². The Kier molecular flexibility index (Phi) is 8.01. The first-order valence-electron chi connectivity index (χ1n) is 11.7. The van der Waals surface area contributed by atoms with Crippen LogP contribution < -0.4 is 0 Å². The molecule has 2 unspecified atom stereocenters. The molecular formula is C27H27F3N2O4S. The molecule has 0 aromatic heterocycles. The van der Waals surface area contributed by atoms with Gasteiger partial charge in [0.15, 0.2) is 0 Å². The zero-order valence-corrected chi connectivity index (χ0v) is 20.7. The minimum absolute atomic E-state index is 0.0915. The molecule has 3 aromatic rings. The number of sulfonamides is 1. The van der Waals surface area contributed by atoms with E-state index in [1.807, 2.05) is 36.4 Å². The summed E-state index contributed by atoms with van der Waals surface area (Å²) < 4.78 is 59.2. The normalized spacial score (nSPS) is 19.9. The van der Waals surface area contributed by atoms with E-state index >= 15 is 0 Å². The Bertz CT molecular complexity index is 1300. The van der Waals surface area contributed by atoms with Crippen molar-refractivity contribution in [3.05, 3.63) is 96.1 Å². The van der Waals surface area contributed by atoms with Crippen molar-refractivity contribution < 1.29 is 31.5 Å². The number of carboxylic acids is 1. The third-order valence-corrected chi connectivity index (χ3v) is 8.37. The number of nitrogens with zero attached hydrogens (tertiary/aromatic N) is 2. The van der Waals surface area contributed by atoms with Crippen molar-refractivity contribution in [3.8, 4) is 11.1 Å². The Morgan fingerprint density at radius 3 is 1.92 bits per heavy atom. The van der Waals surface area contributed by atoms with Crippen LogP contribution in [-0.2, 0) is 27.1 Å². The van der Waals surface area contributed by atoms with E-state index in [2.05, 4.69) is 53.4 Å². The van der Waals surface area contributed by atoms with E-state index in [-0.39, 0.29) is 5.75 Å². The number of benzene rings is 3. The molecule has 0 spiro atoms. The summed E-state index contributed by atoms with van der Waals surface area (Å²) in [6, 6.07) is 28.9. The highest BCUT2D eigenvalue weighted by atomic mass is 32.2. The van der Waals surface area contributed by atoms with Crippen LogP contribution in [0.3, 0.4) is 0 Å². The molecule has 5 rings (SSSR count). The fraction of sp³-hybridized carbons (Fsp3) is 0.296. The van der Waals surface area contributed by atoms with Gasteiger partial charge < -0.3 is 5.11 Å². The van der Waals surface area contributed by atoms with E-state index in [4.69, 9.17) is 9.90 Å². The van der Waals surface area contributed by atoms with Crippen molar-refractivity contribution in [1.82, 2.24) is 9.21 Å². The lowest BCUT2D eigenvalue weighted by Gasteiger charge is -2.43. The van der Waals surface area contributed by atoms with Crippen LogP contribution in [0.15, 0.2) is 84.9 Å². The maximum Gasteiger partial charge on any atom is 0.490 e. The van der Waals surface area contributed by atoms with Crippen molar-refractivity contribution in [2.75, 3.05) is 19.6 Å². The summed E-state index contributed by atoms with van der Waals surface area (Å²) in [5.41, 5.74) is 4.58. The number of hydrogen-bond acceptors (Lipinski definition) is 4. The van der Waals surface area contributed by atoms with E-state index in [0.717, 1.165) is 18.7 Å². The number of carboxylic acid groups (broad SMARTS) is 1. The lowest BCUT2D eigenvalue weighted by Crippen LogP contribution is -2.54. The average Bonchev–Trinajstić information content (AvgIpc) is 3.21. The number of halogens is 3. The topological polar surface area (TPSA) is 77.9 Å². The highest BCUT2D eigenvalue weighted by Gasteiger charge is 2.48. The molecule has 2 fully saturated rings. The lowest BCUT2D eigenvalue weighted by atomic mass is 9.91. The van der Waals surface area contributed by atoms with Gasteiger partial charge in [0.25, 0.3) is 0 Å². The van der Waals surface area contributed by atoms with Crippen LogP contribution in [0.4, 0.5) is 13.2 Å². The van der Waals surface area contributed by atoms with Crippen LogP contribution in [0.1, 0.15) is 11.1 Å². The number of hydrogen-bond donors (Lipinski definition) is 1. The lowest BCUT2D eigenvalue weighted by molar-refractivity contribution is -0.192. The first kappa shape index (κ1) is 26.8. The number of rotatable bonds is 6. The van der Waals surface area contributed by atoms with Crippen molar-refractivity contribution >= 4 is 16.0 Å². The predicted molar refractivity (Wildman–Crippen MR) is 134 cm³/mol. The summed E-state index contributed by atoms with van der Waals surface area (Å²) in [6.07, 6.45) is -5.08. The maximum absolute atomic E-state index is 12.9. The molecule has 37 heavy (non-hydrogen) atoms. The summed E-state index contributed by atoms with van der Waals surface area (Å²) >= 11 is 0. The monoisotopic (exact) mass is 532 g/mol. The Balaban J connectivity index is 0.000000405. The summed E-state index contributed by atoms with van der Waals surface area (Å²) in [5, 5.41) is 7.12. The number of aliphatic carboxylic acids is 1. The van der Waals surface area contributed by atoms with Crippen molar-refractivity contribution in [2.24, 2.45) is 5.92 Å². The summed E-state index contributed by atoms with van der Waals surface area (Å²) in [4.78, 5) is 11.3. The van der Waals surface area contributed by atoms with Gasteiger partial charge in [0.2, 0.25) is 10.0 Å². The van der Waals surface area contributed by atoms with Crippen LogP contribution in [-0.4, -0.2) is 60.6 Å². The van der Waals surface area contributed by atoms with Gasteiger partial charge in [-0.25, -0.2) is 13.2 Å². The number of likely N-dealkylation sites (tertiary alicyclic amines) is 1.